The number of hydrogen-bond acceptors (Lipinski definition) is 6. The summed E-state index contributed by atoms with van der Waals surface area (Å²) in [7, 11) is 1.60. The summed E-state index contributed by atoms with van der Waals surface area (Å²) in [6.07, 6.45) is 4.17. The Morgan fingerprint density at radius 1 is 1.25 bits per heavy atom. The molecule has 2 heterocycles. The molecule has 1 amide bonds. The van der Waals surface area contributed by atoms with E-state index < -0.39 is 0 Å². The topological polar surface area (TPSA) is 64.4 Å². The van der Waals surface area contributed by atoms with Crippen molar-refractivity contribution in [3.63, 3.8) is 0 Å². The third-order valence-corrected chi connectivity index (χ3v) is 8.21. The fourth-order valence-electron chi connectivity index (χ4n) is 4.29. The monoisotopic (exact) mass is 471 g/mol. The smallest absolute Gasteiger partial charge is 0.267 e. The van der Waals surface area contributed by atoms with Crippen LogP contribution in [0.15, 0.2) is 34.2 Å². The number of aryl methyl sites for hydroxylation is 2. The van der Waals surface area contributed by atoms with Gasteiger partial charge in [0.25, 0.3) is 5.56 Å². The van der Waals surface area contributed by atoms with Gasteiger partial charge in [-0.25, -0.2) is 4.98 Å². The summed E-state index contributed by atoms with van der Waals surface area (Å²) < 4.78 is 7.21. The number of hydrogen-bond donors (Lipinski definition) is 0. The van der Waals surface area contributed by atoms with Crippen LogP contribution in [-0.4, -0.2) is 45.8 Å². The zero-order chi connectivity index (χ0) is 22.8. The molecule has 6 nitrogen and oxygen atoms in total. The Hall–Kier alpha value is -2.32. The number of rotatable bonds is 7. The highest BCUT2D eigenvalue weighted by Crippen LogP contribution is 2.36. The van der Waals surface area contributed by atoms with Crippen LogP contribution in [0.2, 0.25) is 0 Å². The molecule has 0 aliphatic heterocycles. The summed E-state index contributed by atoms with van der Waals surface area (Å²) in [5.41, 5.74) is 1.72. The zero-order valence-corrected chi connectivity index (χ0v) is 20.6. The van der Waals surface area contributed by atoms with Gasteiger partial charge < -0.3 is 9.64 Å². The average Bonchev–Trinajstić information content (AvgIpc) is 3.18. The van der Waals surface area contributed by atoms with Crippen LogP contribution in [0, 0.1) is 0 Å². The number of methoxy groups -OCH3 is 1. The van der Waals surface area contributed by atoms with E-state index in [0.717, 1.165) is 41.5 Å². The van der Waals surface area contributed by atoms with Gasteiger partial charge in [-0.3, -0.25) is 14.2 Å². The average molecular weight is 472 g/mol. The lowest BCUT2D eigenvalue weighted by Crippen LogP contribution is -2.36. The normalized spacial score (nSPS) is 14.2. The molecule has 170 valence electrons. The van der Waals surface area contributed by atoms with Gasteiger partial charge in [-0.15, -0.1) is 11.3 Å². The Balaban J connectivity index is 1.91. The molecule has 0 saturated carbocycles. The Labute approximate surface area is 196 Å². The fourth-order valence-corrected chi connectivity index (χ4v) is 6.60. The zero-order valence-electron chi connectivity index (χ0n) is 19.0. The van der Waals surface area contributed by atoms with E-state index in [1.54, 1.807) is 23.0 Å². The van der Waals surface area contributed by atoms with E-state index in [4.69, 9.17) is 9.72 Å². The second-order valence-corrected chi connectivity index (χ2v) is 10.3. The lowest BCUT2D eigenvalue weighted by molar-refractivity contribution is -0.129. The molecule has 0 bridgehead atoms. The van der Waals surface area contributed by atoms with Gasteiger partial charge in [0, 0.05) is 18.0 Å². The van der Waals surface area contributed by atoms with Gasteiger partial charge in [0.2, 0.25) is 5.91 Å². The highest BCUT2D eigenvalue weighted by molar-refractivity contribution is 8.00. The van der Waals surface area contributed by atoms with Crippen LogP contribution in [0.4, 0.5) is 0 Å². The number of thioether (sulfide) groups is 1. The molecule has 0 N–H and O–H groups in total. The van der Waals surface area contributed by atoms with E-state index >= 15 is 0 Å². The molecule has 2 aromatic heterocycles. The standard InChI is InChI=1S/C24H29N3O3S2/c1-5-26(6-2)22(28)15(3)31-24-25-21-20(16-11-7-10-14-19(16)32-21)23(29)27(24)17-12-8-9-13-18(17)30-4/h8-9,12-13,15H,5-7,10-11,14H2,1-4H3. The third-order valence-electron chi connectivity index (χ3n) is 5.99. The maximum Gasteiger partial charge on any atom is 0.267 e. The number of ether oxygens (including phenoxy) is 1. The van der Waals surface area contributed by atoms with Gasteiger partial charge in [-0.05, 0) is 64.2 Å². The number of nitrogens with zero attached hydrogens (tertiary/aromatic N) is 3. The van der Waals surface area contributed by atoms with E-state index in [-0.39, 0.29) is 16.7 Å². The van der Waals surface area contributed by atoms with Crippen molar-refractivity contribution in [2.45, 2.75) is 56.9 Å². The minimum atomic E-state index is -0.366. The Morgan fingerprint density at radius 3 is 2.69 bits per heavy atom. The van der Waals surface area contributed by atoms with Crippen molar-refractivity contribution in [3.8, 4) is 11.4 Å². The molecule has 1 atom stereocenters. The summed E-state index contributed by atoms with van der Waals surface area (Å²) in [6, 6.07) is 7.48. The van der Waals surface area contributed by atoms with E-state index in [2.05, 4.69) is 0 Å². The summed E-state index contributed by atoms with van der Waals surface area (Å²) in [4.78, 5) is 35.7. The molecular formula is C24H29N3O3S2. The third kappa shape index (κ3) is 4.06. The largest absolute Gasteiger partial charge is 0.495 e. The molecule has 4 rings (SSSR count). The van der Waals surface area contributed by atoms with Crippen molar-refractivity contribution >= 4 is 39.2 Å². The van der Waals surface area contributed by atoms with Crippen LogP contribution in [0.5, 0.6) is 5.75 Å². The molecule has 1 aromatic carbocycles. The first-order valence-corrected chi connectivity index (χ1v) is 12.9. The van der Waals surface area contributed by atoms with Crippen LogP contribution in [0.25, 0.3) is 15.9 Å². The van der Waals surface area contributed by atoms with E-state index in [0.29, 0.717) is 29.7 Å². The number of amides is 1. The number of carbonyl (C=O) groups excluding carboxylic acids is 1. The first kappa shape index (κ1) is 22.9. The number of thiophene rings is 1. The first-order chi connectivity index (χ1) is 15.5. The number of para-hydroxylation sites is 2. The van der Waals surface area contributed by atoms with Gasteiger partial charge in [0.15, 0.2) is 5.16 Å². The molecule has 0 radical (unpaired) electrons. The highest BCUT2D eigenvalue weighted by Gasteiger charge is 2.27. The second kappa shape index (κ2) is 9.67. The summed E-state index contributed by atoms with van der Waals surface area (Å²) in [5, 5.41) is 0.885. The van der Waals surface area contributed by atoms with Crippen LogP contribution < -0.4 is 10.3 Å². The summed E-state index contributed by atoms with van der Waals surface area (Å²) >= 11 is 2.97. The second-order valence-electron chi connectivity index (χ2n) is 7.87. The molecule has 32 heavy (non-hydrogen) atoms. The molecule has 0 spiro atoms. The van der Waals surface area contributed by atoms with E-state index in [9.17, 15) is 9.59 Å². The lowest BCUT2D eigenvalue weighted by Gasteiger charge is -2.23. The van der Waals surface area contributed by atoms with Crippen LogP contribution in [0.1, 0.15) is 44.1 Å². The van der Waals surface area contributed by atoms with Gasteiger partial charge in [0.05, 0.1) is 23.4 Å². The van der Waals surface area contributed by atoms with Gasteiger partial charge in [-0.2, -0.15) is 0 Å². The fraction of sp³-hybridized carbons (Fsp3) is 0.458. The molecule has 1 aliphatic carbocycles. The predicted molar refractivity (Wildman–Crippen MR) is 132 cm³/mol. The van der Waals surface area contributed by atoms with Gasteiger partial charge in [0.1, 0.15) is 10.6 Å². The Kier molecular flexibility index (Phi) is 6.90. The van der Waals surface area contributed by atoms with Crippen molar-refractivity contribution in [2.24, 2.45) is 0 Å². The molecule has 0 saturated heterocycles. The molecule has 1 aliphatic rings. The minimum absolute atomic E-state index is 0.0476. The van der Waals surface area contributed by atoms with Gasteiger partial charge >= 0.3 is 0 Å². The summed E-state index contributed by atoms with van der Waals surface area (Å²) in [6.45, 7) is 7.15. The van der Waals surface area contributed by atoms with Crippen LogP contribution in [-0.2, 0) is 17.6 Å². The maximum atomic E-state index is 13.9. The molecular weight excluding hydrogens is 442 g/mol. The van der Waals surface area contributed by atoms with Crippen molar-refractivity contribution in [3.05, 3.63) is 45.1 Å². The lowest BCUT2D eigenvalue weighted by atomic mass is 9.97. The number of benzene rings is 1. The SMILES string of the molecule is CCN(CC)C(=O)C(C)Sc1nc2sc3c(c2c(=O)n1-c1ccccc1OC)CCCC3. The first-order valence-electron chi connectivity index (χ1n) is 11.2. The van der Waals surface area contributed by atoms with Crippen molar-refractivity contribution in [1.82, 2.24) is 14.5 Å². The van der Waals surface area contributed by atoms with Crippen LogP contribution in [0.3, 0.4) is 0 Å². The van der Waals surface area contributed by atoms with Gasteiger partial charge in [-0.1, -0.05) is 23.9 Å². The summed E-state index contributed by atoms with van der Waals surface area (Å²) in [5.74, 6) is 0.649. The quantitative estimate of drug-likeness (QED) is 0.370. The number of carbonyl (C=O) groups is 1. The Morgan fingerprint density at radius 2 is 1.97 bits per heavy atom. The van der Waals surface area contributed by atoms with E-state index in [1.807, 2.05) is 49.9 Å². The molecule has 1 unspecified atom stereocenters. The van der Waals surface area contributed by atoms with Crippen LogP contribution >= 0.6 is 23.1 Å². The highest BCUT2D eigenvalue weighted by atomic mass is 32.2. The molecule has 0 fully saturated rings. The van der Waals surface area contributed by atoms with Crippen molar-refractivity contribution in [1.29, 1.82) is 0 Å². The molecule has 3 aromatic rings. The van der Waals surface area contributed by atoms with E-state index in [1.165, 1.54) is 16.6 Å². The molecule has 8 heteroatoms. The van der Waals surface area contributed by atoms with Crippen molar-refractivity contribution < 1.29 is 9.53 Å². The predicted octanol–water partition coefficient (Wildman–Crippen LogP) is 4.68. The number of aromatic nitrogens is 2. The maximum absolute atomic E-state index is 13.9. The number of fused-ring (bicyclic) bond motifs is 3. The van der Waals surface area contributed by atoms with Crippen molar-refractivity contribution in [2.75, 3.05) is 20.2 Å². The minimum Gasteiger partial charge on any atom is -0.495 e. The Bertz CT molecular complexity index is 1200.